The Labute approximate surface area is 155 Å². The number of nitrogens with zero attached hydrogens (tertiary/aromatic N) is 1. The first-order valence-electron chi connectivity index (χ1n) is 6.91. The van der Waals surface area contributed by atoms with Crippen LogP contribution in [0.4, 0.5) is 0 Å². The van der Waals surface area contributed by atoms with E-state index in [9.17, 15) is 8.42 Å². The number of halogens is 2. The lowest BCUT2D eigenvalue weighted by Crippen LogP contribution is -2.28. The van der Waals surface area contributed by atoms with Gasteiger partial charge in [-0.1, -0.05) is 29.3 Å². The fourth-order valence-electron chi connectivity index (χ4n) is 2.11. The zero-order valence-corrected chi connectivity index (χ0v) is 16.5. The van der Waals surface area contributed by atoms with Crippen molar-refractivity contribution in [3.05, 3.63) is 38.5 Å². The molecule has 0 bridgehead atoms. The van der Waals surface area contributed by atoms with E-state index in [1.807, 2.05) is 12.1 Å². The Bertz CT molecular complexity index is 821. The molecule has 0 aliphatic heterocycles. The third-order valence-corrected chi connectivity index (χ3v) is 7.09. The highest BCUT2D eigenvalue weighted by Crippen LogP contribution is 2.35. The van der Waals surface area contributed by atoms with Crippen LogP contribution in [-0.4, -0.2) is 40.5 Å². The number of ether oxygens (including phenoxy) is 2. The Morgan fingerprint density at radius 3 is 2.33 bits per heavy atom. The quantitative estimate of drug-likeness (QED) is 0.694. The van der Waals surface area contributed by atoms with Gasteiger partial charge in [-0.2, -0.15) is 0 Å². The van der Waals surface area contributed by atoms with Crippen LogP contribution in [0.1, 0.15) is 5.56 Å². The highest BCUT2D eigenvalue weighted by Gasteiger charge is 2.25. The summed E-state index contributed by atoms with van der Waals surface area (Å²) in [6.45, 7) is 0.293. The number of hydrogen-bond acceptors (Lipinski definition) is 5. The summed E-state index contributed by atoms with van der Waals surface area (Å²) in [7, 11) is 0.955. The van der Waals surface area contributed by atoms with Crippen molar-refractivity contribution in [3.8, 4) is 11.5 Å². The van der Waals surface area contributed by atoms with Crippen LogP contribution in [0.15, 0.2) is 29.2 Å². The van der Waals surface area contributed by atoms with Gasteiger partial charge < -0.3 is 9.47 Å². The number of methoxy groups -OCH3 is 2. The first kappa shape index (κ1) is 19.3. The number of benzene rings is 1. The molecule has 5 nitrogen and oxygen atoms in total. The largest absolute Gasteiger partial charge is 0.493 e. The Morgan fingerprint density at radius 1 is 1.12 bits per heavy atom. The van der Waals surface area contributed by atoms with Crippen molar-refractivity contribution in [2.24, 2.45) is 0 Å². The van der Waals surface area contributed by atoms with Crippen molar-refractivity contribution in [2.45, 2.75) is 11.3 Å². The van der Waals surface area contributed by atoms with E-state index < -0.39 is 10.0 Å². The van der Waals surface area contributed by atoms with Gasteiger partial charge in [0.25, 0.3) is 0 Å². The van der Waals surface area contributed by atoms with Crippen LogP contribution in [0.3, 0.4) is 0 Å². The van der Waals surface area contributed by atoms with E-state index in [0.29, 0.717) is 28.8 Å². The average Bonchev–Trinajstić information content (AvgIpc) is 2.91. The Morgan fingerprint density at radius 2 is 1.79 bits per heavy atom. The number of hydrogen-bond donors (Lipinski definition) is 0. The van der Waals surface area contributed by atoms with Crippen LogP contribution in [0, 0.1) is 0 Å². The molecule has 9 heteroatoms. The smallest absolute Gasteiger partial charge is 0.245 e. The summed E-state index contributed by atoms with van der Waals surface area (Å²) in [6, 6.07) is 6.86. The van der Waals surface area contributed by atoms with Crippen LogP contribution in [0.25, 0.3) is 0 Å². The Balaban J connectivity index is 2.13. The molecule has 2 rings (SSSR count). The second-order valence-electron chi connectivity index (χ2n) is 4.95. The first-order chi connectivity index (χ1) is 11.3. The molecule has 1 aromatic heterocycles. The highest BCUT2D eigenvalue weighted by molar-refractivity contribution is 7.89. The molecule has 0 aliphatic carbocycles. The lowest BCUT2D eigenvalue weighted by atomic mass is 10.1. The van der Waals surface area contributed by atoms with E-state index in [4.69, 9.17) is 32.7 Å². The number of rotatable bonds is 7. The van der Waals surface area contributed by atoms with Crippen molar-refractivity contribution >= 4 is 44.6 Å². The van der Waals surface area contributed by atoms with Gasteiger partial charge in [0.15, 0.2) is 11.5 Å². The second kappa shape index (κ2) is 7.93. The lowest BCUT2D eigenvalue weighted by molar-refractivity contribution is 0.354. The van der Waals surface area contributed by atoms with Crippen molar-refractivity contribution in [1.82, 2.24) is 4.31 Å². The molecule has 1 heterocycles. The third kappa shape index (κ3) is 4.15. The van der Waals surface area contributed by atoms with E-state index in [1.54, 1.807) is 20.3 Å². The minimum absolute atomic E-state index is 0.0361. The molecule has 0 radical (unpaired) electrons. The highest BCUT2D eigenvalue weighted by atomic mass is 35.5. The van der Waals surface area contributed by atoms with Crippen LogP contribution in [0.5, 0.6) is 11.5 Å². The summed E-state index contributed by atoms with van der Waals surface area (Å²) in [4.78, 5) is 0.0361. The molecule has 0 spiro atoms. The lowest BCUT2D eigenvalue weighted by Gasteiger charge is -2.17. The molecular weight excluding hydrogens is 393 g/mol. The number of likely N-dealkylation sites (N-methyl/N-ethyl adjacent to an activating group) is 1. The summed E-state index contributed by atoms with van der Waals surface area (Å²) in [5, 5.41) is 0. The van der Waals surface area contributed by atoms with Crippen molar-refractivity contribution < 1.29 is 17.9 Å². The predicted molar refractivity (Wildman–Crippen MR) is 97.4 cm³/mol. The summed E-state index contributed by atoms with van der Waals surface area (Å²) < 4.78 is 37.3. The summed E-state index contributed by atoms with van der Waals surface area (Å²) in [6.07, 6.45) is 0.519. The third-order valence-electron chi connectivity index (χ3n) is 3.48. The van der Waals surface area contributed by atoms with Gasteiger partial charge in [0.1, 0.15) is 9.23 Å². The van der Waals surface area contributed by atoms with Crippen molar-refractivity contribution in [3.63, 3.8) is 0 Å². The average molecular weight is 410 g/mol. The Hall–Kier alpha value is -0.990. The molecule has 0 aliphatic rings. The van der Waals surface area contributed by atoms with E-state index in [1.165, 1.54) is 17.4 Å². The molecule has 0 unspecified atom stereocenters. The molecule has 1 aromatic carbocycles. The predicted octanol–water partition coefficient (Wildman–Crippen LogP) is 3.94. The topological polar surface area (TPSA) is 55.8 Å². The van der Waals surface area contributed by atoms with Gasteiger partial charge in [0.05, 0.1) is 18.6 Å². The van der Waals surface area contributed by atoms with E-state index in [0.717, 1.165) is 16.9 Å². The second-order valence-corrected chi connectivity index (χ2v) is 9.25. The van der Waals surface area contributed by atoms with Crippen LogP contribution in [-0.2, 0) is 16.4 Å². The summed E-state index contributed by atoms with van der Waals surface area (Å²) in [5.41, 5.74) is 0.934. The maximum absolute atomic E-state index is 12.6. The van der Waals surface area contributed by atoms with Gasteiger partial charge in [0, 0.05) is 13.6 Å². The van der Waals surface area contributed by atoms with E-state index in [-0.39, 0.29) is 9.23 Å². The molecule has 0 fully saturated rings. The molecule has 0 saturated heterocycles. The Kier molecular flexibility index (Phi) is 6.39. The van der Waals surface area contributed by atoms with Gasteiger partial charge in [-0.3, -0.25) is 0 Å². The monoisotopic (exact) mass is 409 g/mol. The SMILES string of the molecule is COc1ccc(CCN(C)S(=O)(=O)c2cc(Cl)sc2Cl)cc1OC. The molecule has 0 N–H and O–H groups in total. The zero-order valence-electron chi connectivity index (χ0n) is 13.4. The summed E-state index contributed by atoms with van der Waals surface area (Å²) in [5.74, 6) is 1.23. The van der Waals surface area contributed by atoms with Crippen LogP contribution < -0.4 is 9.47 Å². The molecule has 24 heavy (non-hydrogen) atoms. The fourth-order valence-corrected chi connectivity index (χ4v) is 5.39. The fraction of sp³-hybridized carbons (Fsp3) is 0.333. The molecular formula is C15H17Cl2NO4S2. The van der Waals surface area contributed by atoms with E-state index >= 15 is 0 Å². The van der Waals surface area contributed by atoms with Crippen LogP contribution in [0.2, 0.25) is 8.67 Å². The maximum atomic E-state index is 12.6. The minimum atomic E-state index is -3.68. The maximum Gasteiger partial charge on any atom is 0.245 e. The zero-order chi connectivity index (χ0) is 17.9. The normalized spacial score (nSPS) is 11.8. The first-order valence-corrected chi connectivity index (χ1v) is 9.93. The van der Waals surface area contributed by atoms with Gasteiger partial charge >= 0.3 is 0 Å². The van der Waals surface area contributed by atoms with Gasteiger partial charge in [-0.05, 0) is 30.2 Å². The molecule has 0 saturated carbocycles. The van der Waals surface area contributed by atoms with Crippen molar-refractivity contribution in [2.75, 3.05) is 27.8 Å². The standard InChI is InChI=1S/C15H17Cl2NO4S2/c1-18(24(19,20)13-9-14(16)23-15(13)17)7-6-10-4-5-11(21-2)12(8-10)22-3/h4-5,8-9H,6-7H2,1-3H3. The minimum Gasteiger partial charge on any atom is -0.493 e. The number of sulfonamides is 1. The molecule has 132 valence electrons. The van der Waals surface area contributed by atoms with Gasteiger partial charge in [-0.15, -0.1) is 11.3 Å². The number of thiophene rings is 1. The molecule has 2 aromatic rings. The van der Waals surface area contributed by atoms with E-state index in [2.05, 4.69) is 0 Å². The summed E-state index contributed by atoms with van der Waals surface area (Å²) >= 11 is 12.8. The molecule has 0 amide bonds. The van der Waals surface area contributed by atoms with Crippen LogP contribution >= 0.6 is 34.5 Å². The van der Waals surface area contributed by atoms with Crippen molar-refractivity contribution in [1.29, 1.82) is 0 Å². The van der Waals surface area contributed by atoms with Gasteiger partial charge in [-0.25, -0.2) is 12.7 Å². The molecule has 0 atom stereocenters. The van der Waals surface area contributed by atoms with Gasteiger partial charge in [0.2, 0.25) is 10.0 Å².